The Hall–Kier alpha value is -1.07. The van der Waals surface area contributed by atoms with Gasteiger partial charge in [0.05, 0.1) is 11.9 Å². The molecule has 0 fully saturated rings. The highest BCUT2D eigenvalue weighted by atomic mass is 32.2. The summed E-state index contributed by atoms with van der Waals surface area (Å²) in [5.41, 5.74) is 0. The Morgan fingerprint density at radius 1 is 1.53 bits per heavy atom. The summed E-state index contributed by atoms with van der Waals surface area (Å²) in [5, 5.41) is -0.804. The predicted octanol–water partition coefficient (Wildman–Crippen LogP) is 1.53. The van der Waals surface area contributed by atoms with Gasteiger partial charge in [0.25, 0.3) is 10.1 Å². The minimum Gasteiger partial charge on any atom is -0.493 e. The molecule has 1 atom stereocenters. The molecule has 0 spiro atoms. The number of rotatable bonds is 5. The van der Waals surface area contributed by atoms with E-state index in [1.807, 2.05) is 6.07 Å². The monoisotopic (exact) mass is 229 g/mol. The van der Waals surface area contributed by atoms with E-state index in [4.69, 9.17) is 9.29 Å². The Labute approximate surface area is 89.6 Å². The minimum atomic E-state index is -3.95. The summed E-state index contributed by atoms with van der Waals surface area (Å²) in [6.45, 7) is 1.68. The van der Waals surface area contributed by atoms with Crippen LogP contribution in [-0.4, -0.2) is 24.8 Å². The van der Waals surface area contributed by atoms with Crippen molar-refractivity contribution in [2.45, 2.75) is 18.6 Å². The molecule has 0 saturated carbocycles. The number of benzene rings is 1. The van der Waals surface area contributed by atoms with E-state index in [1.54, 1.807) is 18.2 Å². The number of hydrogen-bond acceptors (Lipinski definition) is 3. The maximum atomic E-state index is 10.7. The summed E-state index contributed by atoms with van der Waals surface area (Å²) in [4.78, 5) is 0. The molecule has 83 valence electrons. The van der Waals surface area contributed by atoms with E-state index in [0.717, 1.165) is 0 Å². The Morgan fingerprint density at radius 2 is 2.27 bits per heavy atom. The second kappa shape index (κ2) is 5.14. The summed E-state index contributed by atoms with van der Waals surface area (Å²) in [7, 11) is -3.95. The van der Waals surface area contributed by atoms with Crippen molar-refractivity contribution < 1.29 is 17.7 Å². The molecule has 1 aromatic rings. The molecule has 0 amide bonds. The van der Waals surface area contributed by atoms with E-state index in [2.05, 4.69) is 6.07 Å². The van der Waals surface area contributed by atoms with Crippen LogP contribution >= 0.6 is 0 Å². The lowest BCUT2D eigenvalue weighted by Gasteiger charge is -2.09. The molecule has 15 heavy (non-hydrogen) atoms. The average molecular weight is 229 g/mol. The molecule has 1 aromatic carbocycles. The summed E-state index contributed by atoms with van der Waals surface area (Å²) < 4.78 is 35.3. The van der Waals surface area contributed by atoms with Gasteiger partial charge < -0.3 is 4.74 Å². The Kier molecular flexibility index (Phi) is 4.11. The highest BCUT2D eigenvalue weighted by Crippen LogP contribution is 2.09. The van der Waals surface area contributed by atoms with E-state index < -0.39 is 15.4 Å². The van der Waals surface area contributed by atoms with Crippen LogP contribution in [0.5, 0.6) is 5.75 Å². The molecule has 1 unspecified atom stereocenters. The van der Waals surface area contributed by atoms with Gasteiger partial charge in [0, 0.05) is 12.5 Å². The van der Waals surface area contributed by atoms with Crippen LogP contribution in [-0.2, 0) is 10.1 Å². The van der Waals surface area contributed by atoms with Gasteiger partial charge in [0.2, 0.25) is 0 Å². The lowest BCUT2D eigenvalue weighted by atomic mass is 10.3. The molecule has 0 heterocycles. The molecule has 5 heteroatoms. The Bertz CT molecular complexity index is 385. The van der Waals surface area contributed by atoms with Crippen LogP contribution in [0.1, 0.15) is 13.3 Å². The Balaban J connectivity index is 2.35. The van der Waals surface area contributed by atoms with Crippen molar-refractivity contribution in [3.63, 3.8) is 0 Å². The van der Waals surface area contributed by atoms with Crippen LogP contribution < -0.4 is 4.74 Å². The summed E-state index contributed by atoms with van der Waals surface area (Å²) in [6, 6.07) is 9.91. The van der Waals surface area contributed by atoms with Gasteiger partial charge in [-0.25, -0.2) is 0 Å². The van der Waals surface area contributed by atoms with E-state index in [9.17, 15) is 8.42 Å². The fraction of sp³-hybridized carbons (Fsp3) is 0.400. The first-order chi connectivity index (χ1) is 7.00. The smallest absolute Gasteiger partial charge is 0.267 e. The quantitative estimate of drug-likeness (QED) is 0.778. The first kappa shape index (κ1) is 12.0. The SMILES string of the molecule is CC(CCOc1[c]cccc1)S(=O)(=O)O. The van der Waals surface area contributed by atoms with Crippen LogP contribution in [0.2, 0.25) is 0 Å². The van der Waals surface area contributed by atoms with Gasteiger partial charge in [-0.3, -0.25) is 4.55 Å². The number of hydrogen-bond donors (Lipinski definition) is 1. The zero-order valence-electron chi connectivity index (χ0n) is 8.38. The lowest BCUT2D eigenvalue weighted by Crippen LogP contribution is -2.19. The highest BCUT2D eigenvalue weighted by molar-refractivity contribution is 7.86. The van der Waals surface area contributed by atoms with Crippen molar-refractivity contribution in [3.8, 4) is 5.75 Å². The maximum absolute atomic E-state index is 10.7. The molecule has 1 radical (unpaired) electrons. The second-order valence-corrected chi connectivity index (χ2v) is 5.02. The van der Waals surface area contributed by atoms with Crippen molar-refractivity contribution in [2.75, 3.05) is 6.61 Å². The second-order valence-electron chi connectivity index (χ2n) is 3.19. The zero-order valence-corrected chi connectivity index (χ0v) is 9.20. The molecule has 1 rings (SSSR count). The molecule has 0 aliphatic heterocycles. The Morgan fingerprint density at radius 3 is 2.80 bits per heavy atom. The van der Waals surface area contributed by atoms with Gasteiger partial charge in [-0.05, 0) is 13.0 Å². The van der Waals surface area contributed by atoms with Crippen molar-refractivity contribution in [3.05, 3.63) is 30.3 Å². The van der Waals surface area contributed by atoms with Crippen LogP contribution in [0.3, 0.4) is 0 Å². The fourth-order valence-electron chi connectivity index (χ4n) is 0.950. The van der Waals surface area contributed by atoms with Gasteiger partial charge in [-0.1, -0.05) is 18.2 Å². The molecule has 0 aliphatic rings. The summed E-state index contributed by atoms with van der Waals surface area (Å²) in [5.74, 6) is 0.569. The van der Waals surface area contributed by atoms with Crippen molar-refractivity contribution in [1.82, 2.24) is 0 Å². The maximum Gasteiger partial charge on any atom is 0.267 e. The van der Waals surface area contributed by atoms with Crippen molar-refractivity contribution >= 4 is 10.1 Å². The predicted molar refractivity (Wildman–Crippen MR) is 56.4 cm³/mol. The van der Waals surface area contributed by atoms with E-state index in [1.165, 1.54) is 6.92 Å². The van der Waals surface area contributed by atoms with Gasteiger partial charge in [-0.15, -0.1) is 0 Å². The first-order valence-electron chi connectivity index (χ1n) is 4.56. The third-order valence-electron chi connectivity index (χ3n) is 1.97. The fourth-order valence-corrected chi connectivity index (χ4v) is 1.34. The molecule has 4 nitrogen and oxygen atoms in total. The highest BCUT2D eigenvalue weighted by Gasteiger charge is 2.16. The molecule has 0 aromatic heterocycles. The van der Waals surface area contributed by atoms with Crippen molar-refractivity contribution in [2.24, 2.45) is 0 Å². The zero-order chi connectivity index (χ0) is 11.3. The van der Waals surface area contributed by atoms with Crippen LogP contribution in [0.15, 0.2) is 24.3 Å². The average Bonchev–Trinajstić information content (AvgIpc) is 2.18. The minimum absolute atomic E-state index is 0.238. The van der Waals surface area contributed by atoms with Crippen LogP contribution in [0, 0.1) is 6.07 Å². The summed E-state index contributed by atoms with van der Waals surface area (Å²) in [6.07, 6.45) is 0.252. The summed E-state index contributed by atoms with van der Waals surface area (Å²) >= 11 is 0. The van der Waals surface area contributed by atoms with Gasteiger partial charge in [0.1, 0.15) is 5.75 Å². The number of para-hydroxylation sites is 1. The van der Waals surface area contributed by atoms with Crippen LogP contribution in [0.4, 0.5) is 0 Å². The largest absolute Gasteiger partial charge is 0.493 e. The lowest BCUT2D eigenvalue weighted by molar-refractivity contribution is 0.306. The third kappa shape index (κ3) is 4.31. The molecular formula is C10H13O4S. The number of ether oxygens (including phenoxy) is 1. The molecule has 0 bridgehead atoms. The van der Waals surface area contributed by atoms with Gasteiger partial charge in [0.15, 0.2) is 0 Å². The van der Waals surface area contributed by atoms with Gasteiger partial charge in [-0.2, -0.15) is 8.42 Å². The normalized spacial score (nSPS) is 13.5. The van der Waals surface area contributed by atoms with Crippen molar-refractivity contribution in [1.29, 1.82) is 0 Å². The first-order valence-corrected chi connectivity index (χ1v) is 6.06. The van der Waals surface area contributed by atoms with E-state index in [-0.39, 0.29) is 13.0 Å². The topological polar surface area (TPSA) is 63.6 Å². The van der Waals surface area contributed by atoms with E-state index in [0.29, 0.717) is 5.75 Å². The standard InChI is InChI=1S/C10H13O4S/c1-9(15(11,12)13)7-8-14-10-5-3-2-4-6-10/h2-5,9H,7-8H2,1H3,(H,11,12,13). The molecular weight excluding hydrogens is 216 g/mol. The molecule has 0 aliphatic carbocycles. The third-order valence-corrected chi connectivity index (χ3v) is 3.22. The van der Waals surface area contributed by atoms with E-state index >= 15 is 0 Å². The van der Waals surface area contributed by atoms with Gasteiger partial charge >= 0.3 is 0 Å². The molecule has 0 saturated heterocycles. The molecule has 1 N–H and O–H groups in total. The van der Waals surface area contributed by atoms with Crippen LogP contribution in [0.25, 0.3) is 0 Å².